The molecule has 3 aromatic heterocycles. The Hall–Kier alpha value is -3.35. The van der Waals surface area contributed by atoms with Crippen molar-refractivity contribution in [3.63, 3.8) is 0 Å². The lowest BCUT2D eigenvalue weighted by molar-refractivity contribution is 0.0896. The number of fused-ring (bicyclic) bond motifs is 3. The van der Waals surface area contributed by atoms with Crippen LogP contribution in [-0.2, 0) is 0 Å². The minimum absolute atomic E-state index is 0.0752. The third-order valence-corrected chi connectivity index (χ3v) is 7.58. The molecule has 1 aliphatic rings. The number of halogens is 2. The highest BCUT2D eigenvalue weighted by Gasteiger charge is 2.38. The third-order valence-electron chi connectivity index (χ3n) is 7.26. The summed E-state index contributed by atoms with van der Waals surface area (Å²) in [5.41, 5.74) is 2.77. The highest BCUT2D eigenvalue weighted by atomic mass is 35.5. The number of hydrogen-bond acceptors (Lipinski definition) is 7. The molecule has 5 rings (SSSR count). The SMILES string of the molecule is CC[C@H]1CN([C@@H](CC)c2ccc(F)cc2Cl)[C@H](CC)CN1c1nc2nncn2c2ccc(C#N)nc12. The van der Waals surface area contributed by atoms with E-state index in [-0.39, 0.29) is 23.9 Å². The van der Waals surface area contributed by atoms with E-state index >= 15 is 0 Å². The minimum Gasteiger partial charge on any atom is -0.349 e. The second-order valence-corrected chi connectivity index (χ2v) is 9.58. The summed E-state index contributed by atoms with van der Waals surface area (Å²) in [5, 5.41) is 18.2. The molecule has 1 aliphatic heterocycles. The summed E-state index contributed by atoms with van der Waals surface area (Å²) >= 11 is 6.51. The second-order valence-electron chi connectivity index (χ2n) is 9.18. The fourth-order valence-electron chi connectivity index (χ4n) is 5.43. The third kappa shape index (κ3) is 4.14. The Balaban J connectivity index is 1.58. The maximum Gasteiger partial charge on any atom is 0.257 e. The van der Waals surface area contributed by atoms with E-state index in [2.05, 4.69) is 51.8 Å². The molecular weight excluding hydrogens is 479 g/mol. The van der Waals surface area contributed by atoms with Crippen LogP contribution >= 0.6 is 11.6 Å². The Morgan fingerprint density at radius 3 is 2.61 bits per heavy atom. The number of nitriles is 1. The second kappa shape index (κ2) is 9.96. The fourth-order valence-corrected chi connectivity index (χ4v) is 5.72. The first-order valence-corrected chi connectivity index (χ1v) is 12.7. The van der Waals surface area contributed by atoms with Crippen molar-refractivity contribution in [1.82, 2.24) is 29.5 Å². The van der Waals surface area contributed by atoms with Gasteiger partial charge < -0.3 is 4.90 Å². The zero-order chi connectivity index (χ0) is 25.4. The van der Waals surface area contributed by atoms with Gasteiger partial charge in [0, 0.05) is 36.2 Å². The van der Waals surface area contributed by atoms with Crippen molar-refractivity contribution < 1.29 is 4.39 Å². The molecule has 36 heavy (non-hydrogen) atoms. The van der Waals surface area contributed by atoms with Crippen LogP contribution in [-0.4, -0.2) is 54.6 Å². The molecule has 4 heterocycles. The Bertz CT molecular complexity index is 1450. The Morgan fingerprint density at radius 2 is 1.92 bits per heavy atom. The molecule has 4 aromatic rings. The lowest BCUT2D eigenvalue weighted by Gasteiger charge is -2.49. The van der Waals surface area contributed by atoms with E-state index in [1.807, 2.05) is 12.1 Å². The molecule has 0 bridgehead atoms. The zero-order valence-corrected chi connectivity index (χ0v) is 21.3. The molecule has 0 radical (unpaired) electrons. The van der Waals surface area contributed by atoms with Crippen LogP contribution < -0.4 is 4.90 Å². The molecule has 0 N–H and O–H groups in total. The summed E-state index contributed by atoms with van der Waals surface area (Å²) in [6.07, 6.45) is 4.28. The Kier molecular flexibility index (Phi) is 6.73. The largest absolute Gasteiger partial charge is 0.349 e. The smallest absolute Gasteiger partial charge is 0.257 e. The number of hydrogen-bond donors (Lipinski definition) is 0. The van der Waals surface area contributed by atoms with Gasteiger partial charge in [0.2, 0.25) is 0 Å². The van der Waals surface area contributed by atoms with E-state index in [1.165, 1.54) is 12.1 Å². The van der Waals surface area contributed by atoms with Crippen molar-refractivity contribution in [2.45, 2.75) is 58.2 Å². The highest BCUT2D eigenvalue weighted by molar-refractivity contribution is 6.31. The number of anilines is 1. The van der Waals surface area contributed by atoms with Crippen LogP contribution in [0.25, 0.3) is 16.8 Å². The maximum atomic E-state index is 13.8. The molecule has 10 heteroatoms. The Labute approximate surface area is 214 Å². The number of benzene rings is 1. The molecule has 1 saturated heterocycles. The van der Waals surface area contributed by atoms with Crippen LogP contribution in [0.3, 0.4) is 0 Å². The van der Waals surface area contributed by atoms with Crippen LogP contribution in [0.1, 0.15) is 57.3 Å². The van der Waals surface area contributed by atoms with Crippen LogP contribution in [0.15, 0.2) is 36.7 Å². The van der Waals surface area contributed by atoms with Crippen molar-refractivity contribution in [2.24, 2.45) is 0 Å². The van der Waals surface area contributed by atoms with Crippen molar-refractivity contribution in [3.05, 3.63) is 58.8 Å². The van der Waals surface area contributed by atoms with E-state index < -0.39 is 0 Å². The molecule has 1 aromatic carbocycles. The fraction of sp³-hybridized carbons (Fsp3) is 0.423. The van der Waals surface area contributed by atoms with E-state index in [0.29, 0.717) is 22.0 Å². The van der Waals surface area contributed by atoms with E-state index in [4.69, 9.17) is 16.6 Å². The molecule has 3 atom stereocenters. The quantitative estimate of drug-likeness (QED) is 0.356. The summed E-state index contributed by atoms with van der Waals surface area (Å²) in [4.78, 5) is 14.3. The van der Waals surface area contributed by atoms with Gasteiger partial charge in [-0.25, -0.2) is 9.37 Å². The van der Waals surface area contributed by atoms with Crippen molar-refractivity contribution in [3.8, 4) is 6.07 Å². The first-order valence-electron chi connectivity index (χ1n) is 12.4. The van der Waals surface area contributed by atoms with E-state index in [1.54, 1.807) is 16.8 Å². The van der Waals surface area contributed by atoms with Crippen LogP contribution in [0.5, 0.6) is 0 Å². The number of rotatable bonds is 6. The number of nitrogens with zero attached hydrogens (tertiary/aromatic N) is 8. The molecule has 0 unspecified atom stereocenters. The van der Waals surface area contributed by atoms with Crippen molar-refractivity contribution >= 4 is 34.2 Å². The van der Waals surface area contributed by atoms with Crippen LogP contribution in [0, 0.1) is 17.1 Å². The zero-order valence-electron chi connectivity index (χ0n) is 20.6. The number of piperazine rings is 1. The molecule has 0 aliphatic carbocycles. The average molecular weight is 507 g/mol. The van der Waals surface area contributed by atoms with Gasteiger partial charge >= 0.3 is 0 Å². The summed E-state index contributed by atoms with van der Waals surface area (Å²) in [7, 11) is 0. The van der Waals surface area contributed by atoms with E-state index in [0.717, 1.165) is 49.2 Å². The van der Waals surface area contributed by atoms with Gasteiger partial charge in [0.05, 0.1) is 5.52 Å². The molecule has 186 valence electrons. The van der Waals surface area contributed by atoms with Crippen molar-refractivity contribution in [1.29, 1.82) is 5.26 Å². The predicted molar refractivity (Wildman–Crippen MR) is 137 cm³/mol. The van der Waals surface area contributed by atoms with Crippen molar-refractivity contribution in [2.75, 3.05) is 18.0 Å². The highest BCUT2D eigenvalue weighted by Crippen LogP contribution is 2.37. The standard InChI is InChI=1S/C26H28ClFN8/c1-4-18-14-35(19(5-2)13-34(18)22(6-3)20-9-7-16(28)11-21(20)27)25-24-23(10-8-17(12-29)31-24)36-15-30-33-26(36)32-25/h7-11,15,18-19,22H,4-6,13-14H2,1-3H3/t18-,19+,22+/m1/s1. The van der Waals surface area contributed by atoms with Gasteiger partial charge in [0.15, 0.2) is 5.82 Å². The van der Waals surface area contributed by atoms with Crippen LogP contribution in [0.4, 0.5) is 10.2 Å². The summed E-state index contributed by atoms with van der Waals surface area (Å²) < 4.78 is 15.6. The first-order chi connectivity index (χ1) is 17.5. The van der Waals surface area contributed by atoms with Gasteiger partial charge in [0.1, 0.15) is 29.4 Å². The van der Waals surface area contributed by atoms with Gasteiger partial charge in [-0.3, -0.25) is 9.30 Å². The van der Waals surface area contributed by atoms with Gasteiger partial charge in [-0.2, -0.15) is 10.2 Å². The van der Waals surface area contributed by atoms with Gasteiger partial charge in [0.25, 0.3) is 5.78 Å². The topological polar surface area (TPSA) is 86.2 Å². The molecular formula is C26H28ClFN8. The monoisotopic (exact) mass is 506 g/mol. The van der Waals surface area contributed by atoms with Gasteiger partial charge in [-0.05, 0) is 49.1 Å². The average Bonchev–Trinajstić information content (AvgIpc) is 3.38. The minimum atomic E-state index is -0.326. The predicted octanol–water partition coefficient (Wildman–Crippen LogP) is 5.17. The normalized spacial score (nSPS) is 19.6. The lowest BCUT2D eigenvalue weighted by Crippen LogP contribution is -2.59. The molecule has 1 fully saturated rings. The van der Waals surface area contributed by atoms with Gasteiger partial charge in [-0.15, -0.1) is 10.2 Å². The summed E-state index contributed by atoms with van der Waals surface area (Å²) in [6.45, 7) is 8.02. The number of pyridine rings is 1. The van der Waals surface area contributed by atoms with E-state index in [9.17, 15) is 9.65 Å². The van der Waals surface area contributed by atoms with Gasteiger partial charge in [-0.1, -0.05) is 38.4 Å². The molecule has 0 saturated carbocycles. The molecule has 0 spiro atoms. The summed E-state index contributed by atoms with van der Waals surface area (Å²) in [6, 6.07) is 10.9. The maximum absolute atomic E-state index is 13.8. The van der Waals surface area contributed by atoms with Crippen LogP contribution in [0.2, 0.25) is 5.02 Å². The Morgan fingerprint density at radius 1 is 1.11 bits per heavy atom. The number of aromatic nitrogens is 5. The first kappa shape index (κ1) is 24.3. The lowest BCUT2D eigenvalue weighted by atomic mass is 9.94. The summed E-state index contributed by atoms with van der Waals surface area (Å²) in [5.74, 6) is 0.896. The molecule has 8 nitrogen and oxygen atoms in total. The molecule has 0 amide bonds.